The Morgan fingerprint density at radius 3 is 1.85 bits per heavy atom. The average Bonchev–Trinajstić information content (AvgIpc) is 2.47. The number of hydrogen-bond donors (Lipinski definition) is 0. The van der Waals surface area contributed by atoms with Crippen LogP contribution >= 0.6 is 6.04 Å². The van der Waals surface area contributed by atoms with Gasteiger partial charge >= 0.3 is 133 Å². The van der Waals surface area contributed by atoms with E-state index in [0.717, 1.165) is 0 Å². The van der Waals surface area contributed by atoms with Gasteiger partial charge in [0.15, 0.2) is 0 Å². The minimum absolute atomic E-state index is 1.07. The molecule has 0 aromatic rings. The molecule has 0 aromatic carbocycles. The average molecular weight is 339 g/mol. The molecule has 1 aliphatic rings. The molecule has 120 valence electrons. The molecule has 0 unspecified atom stereocenters. The van der Waals surface area contributed by atoms with Crippen molar-refractivity contribution in [3.63, 3.8) is 0 Å². The Balaban J connectivity index is 2.71. The van der Waals surface area contributed by atoms with Crippen LogP contribution in [0.1, 0.15) is 59.3 Å². The Kier molecular flexibility index (Phi) is 9.83. The zero-order valence-electron chi connectivity index (χ0n) is 13.6. The van der Waals surface area contributed by atoms with Crippen LogP contribution < -0.4 is 0 Å². The Morgan fingerprint density at radius 2 is 1.30 bits per heavy atom. The van der Waals surface area contributed by atoms with Crippen LogP contribution in [0, 0.1) is 0 Å². The molecule has 0 atom stereocenters. The van der Waals surface area contributed by atoms with E-state index in [1.165, 1.54) is 57.0 Å². The summed E-state index contributed by atoms with van der Waals surface area (Å²) in [6.45, 7) is 7.24. The Bertz CT molecular complexity index is 329. The van der Waals surface area contributed by atoms with E-state index >= 15 is 0 Å². The van der Waals surface area contributed by atoms with Crippen molar-refractivity contribution >= 4 is 6.04 Å². The molecule has 0 amide bonds. The van der Waals surface area contributed by atoms with Gasteiger partial charge in [0, 0.05) is 0 Å². The van der Waals surface area contributed by atoms with Crippen molar-refractivity contribution in [1.29, 1.82) is 0 Å². The SMILES string of the molecule is CC[PH](CC)(CC)[Ni][C]1=CCCC=CCCC=CCC1. The first-order valence-electron chi connectivity index (χ1n) is 8.35. The van der Waals surface area contributed by atoms with Gasteiger partial charge in [0.25, 0.3) is 0 Å². The predicted octanol–water partition coefficient (Wildman–Crippen LogP) is 6.14. The molecule has 0 nitrogen and oxygen atoms in total. The van der Waals surface area contributed by atoms with E-state index in [1.54, 1.807) is 4.54 Å². The van der Waals surface area contributed by atoms with Gasteiger partial charge in [0.05, 0.1) is 0 Å². The molecule has 0 N–H and O–H groups in total. The van der Waals surface area contributed by atoms with Gasteiger partial charge in [0.2, 0.25) is 0 Å². The van der Waals surface area contributed by atoms with Crippen LogP contribution in [0.4, 0.5) is 0 Å². The van der Waals surface area contributed by atoms with Gasteiger partial charge in [-0.25, -0.2) is 0 Å². The van der Waals surface area contributed by atoms with Crippen LogP contribution in [0.25, 0.3) is 0 Å². The van der Waals surface area contributed by atoms with Crippen molar-refractivity contribution in [2.75, 3.05) is 18.5 Å². The molecule has 1 aliphatic carbocycles. The Hall–Kier alpha value is 0.144. The van der Waals surface area contributed by atoms with E-state index in [1.807, 2.05) is 0 Å². The van der Waals surface area contributed by atoms with Crippen molar-refractivity contribution in [2.24, 2.45) is 0 Å². The van der Waals surface area contributed by atoms with E-state index in [-0.39, 0.29) is 0 Å². The first-order valence-corrected chi connectivity index (χ1v) is 12.8. The van der Waals surface area contributed by atoms with Gasteiger partial charge < -0.3 is 0 Å². The summed E-state index contributed by atoms with van der Waals surface area (Å²) >= 11 is 2.09. The van der Waals surface area contributed by atoms with E-state index < -0.39 is 6.04 Å². The van der Waals surface area contributed by atoms with E-state index in [2.05, 4.69) is 65.2 Å². The van der Waals surface area contributed by atoms with Crippen LogP contribution in [-0.4, -0.2) is 18.5 Å². The molecule has 0 aliphatic heterocycles. The van der Waals surface area contributed by atoms with Crippen molar-refractivity contribution in [3.05, 3.63) is 34.9 Å². The molecule has 0 saturated heterocycles. The molecule has 0 spiro atoms. The normalized spacial score (nSPS) is 19.2. The molecule has 2 heteroatoms. The first-order chi connectivity index (χ1) is 9.76. The fourth-order valence-electron chi connectivity index (χ4n) is 2.51. The van der Waals surface area contributed by atoms with Crippen LogP contribution in [0.2, 0.25) is 0 Å². The molecular weight excluding hydrogens is 306 g/mol. The maximum absolute atomic E-state index is 2.54. The summed E-state index contributed by atoms with van der Waals surface area (Å²) in [5, 5.41) is 0. The zero-order chi connectivity index (χ0) is 14.7. The standard InChI is InChI=1S/C12H17.C6H15P.Ni/c1-2-4-6-8-10-12-11-9-7-5-3-1;1-4-7(5-2)6-3;/h1-2,7-9H,3-6,11-12H2;4-6H2,1-3H3;/q;;-1/p+1. The zero-order valence-corrected chi connectivity index (χ0v) is 15.6. The van der Waals surface area contributed by atoms with Crippen molar-refractivity contribution in [2.45, 2.75) is 59.3 Å². The third kappa shape index (κ3) is 6.73. The van der Waals surface area contributed by atoms with Crippen LogP contribution in [0.3, 0.4) is 0 Å². The summed E-state index contributed by atoms with van der Waals surface area (Å²) in [5.41, 5.74) is 0. The summed E-state index contributed by atoms with van der Waals surface area (Å²) in [5.74, 6) is 0. The monoisotopic (exact) mass is 338 g/mol. The van der Waals surface area contributed by atoms with E-state index in [0.29, 0.717) is 0 Å². The van der Waals surface area contributed by atoms with Crippen LogP contribution in [0.15, 0.2) is 34.9 Å². The molecule has 1 rings (SSSR count). The van der Waals surface area contributed by atoms with Crippen molar-refractivity contribution < 1.29 is 14.0 Å². The maximum atomic E-state index is 2.54. The van der Waals surface area contributed by atoms with Gasteiger partial charge in [-0.1, -0.05) is 0 Å². The molecule has 0 heterocycles. The predicted molar refractivity (Wildman–Crippen MR) is 94.0 cm³/mol. The minimum atomic E-state index is -1.07. The second kappa shape index (κ2) is 10.8. The summed E-state index contributed by atoms with van der Waals surface area (Å²) < 4.78 is 1.70. The molecule has 0 bridgehead atoms. The van der Waals surface area contributed by atoms with E-state index in [4.69, 9.17) is 0 Å². The van der Waals surface area contributed by atoms with Crippen molar-refractivity contribution in [3.8, 4) is 0 Å². The molecule has 20 heavy (non-hydrogen) atoms. The summed E-state index contributed by atoms with van der Waals surface area (Å²) in [7, 11) is 0. The second-order valence-corrected chi connectivity index (χ2v) is 14.4. The van der Waals surface area contributed by atoms with Crippen LogP contribution in [-0.2, 0) is 14.0 Å². The van der Waals surface area contributed by atoms with Crippen LogP contribution in [0.5, 0.6) is 0 Å². The molecule has 0 fully saturated rings. The summed E-state index contributed by atoms with van der Waals surface area (Å²) in [6.07, 6.45) is 23.6. The fourth-order valence-corrected chi connectivity index (χ4v) is 9.47. The quantitative estimate of drug-likeness (QED) is 0.320. The molecule has 0 radical (unpaired) electrons. The topological polar surface area (TPSA) is 0 Å². The van der Waals surface area contributed by atoms with Gasteiger partial charge in [-0.3, -0.25) is 0 Å². The Morgan fingerprint density at radius 1 is 0.800 bits per heavy atom. The fraction of sp³-hybridized carbons (Fsp3) is 0.667. The van der Waals surface area contributed by atoms with Gasteiger partial charge in [-0.2, -0.15) is 0 Å². The third-order valence-electron chi connectivity index (χ3n) is 4.16. The third-order valence-corrected chi connectivity index (χ3v) is 14.5. The number of rotatable bonds is 5. The number of allylic oxidation sites excluding steroid dienone is 6. The number of hydrogen-bond acceptors (Lipinski definition) is 0. The molecule has 0 aromatic heterocycles. The Labute approximate surface area is 133 Å². The second-order valence-electron chi connectivity index (χ2n) is 5.47. The molecular formula is C18H33NiP. The molecule has 0 saturated carbocycles. The van der Waals surface area contributed by atoms with Crippen molar-refractivity contribution in [1.82, 2.24) is 0 Å². The van der Waals surface area contributed by atoms with Gasteiger partial charge in [0.1, 0.15) is 0 Å². The summed E-state index contributed by atoms with van der Waals surface area (Å²) in [6, 6.07) is -1.07. The first kappa shape index (κ1) is 18.2. The van der Waals surface area contributed by atoms with E-state index in [9.17, 15) is 0 Å². The van der Waals surface area contributed by atoms with Gasteiger partial charge in [-0.15, -0.1) is 0 Å². The summed E-state index contributed by atoms with van der Waals surface area (Å²) in [4.78, 5) is 0. The van der Waals surface area contributed by atoms with Gasteiger partial charge in [-0.05, 0) is 0 Å².